The number of ether oxygens (including phenoxy) is 2. The second-order valence-electron chi connectivity index (χ2n) is 4.79. The van der Waals surface area contributed by atoms with Gasteiger partial charge in [-0.05, 0) is 44.2 Å². The quantitative estimate of drug-likeness (QED) is 0.689. The topological polar surface area (TPSA) is 81.9 Å². The van der Waals surface area contributed by atoms with Gasteiger partial charge in [-0.3, -0.25) is 0 Å². The summed E-state index contributed by atoms with van der Waals surface area (Å²) in [5, 5.41) is 0. The summed E-state index contributed by atoms with van der Waals surface area (Å²) in [6.45, 7) is 3.23. The average molecular weight is 316 g/mol. The van der Waals surface area contributed by atoms with Crippen LogP contribution in [0.15, 0.2) is 29.2 Å². The highest BCUT2D eigenvalue weighted by molar-refractivity contribution is 7.89. The Hall–Kier alpha value is -1.15. The van der Waals surface area contributed by atoms with E-state index in [1.165, 1.54) is 4.31 Å². The van der Waals surface area contributed by atoms with Crippen molar-refractivity contribution in [2.45, 2.75) is 24.3 Å². The number of likely N-dealkylation sites (N-methyl/N-ethyl adjacent to an activating group) is 1. The van der Waals surface area contributed by atoms with Gasteiger partial charge in [-0.15, -0.1) is 0 Å². The van der Waals surface area contributed by atoms with Gasteiger partial charge in [0.2, 0.25) is 10.0 Å². The Morgan fingerprint density at radius 3 is 2.43 bits per heavy atom. The third-order valence-electron chi connectivity index (χ3n) is 3.15. The Labute approximate surface area is 126 Å². The first-order valence-corrected chi connectivity index (χ1v) is 8.27. The molecule has 0 amide bonds. The number of nitrogens with zero attached hydrogens (tertiary/aromatic N) is 1. The van der Waals surface area contributed by atoms with Gasteiger partial charge in [0, 0.05) is 20.2 Å². The van der Waals surface area contributed by atoms with Gasteiger partial charge in [-0.1, -0.05) is 0 Å². The van der Waals surface area contributed by atoms with Crippen LogP contribution >= 0.6 is 0 Å². The van der Waals surface area contributed by atoms with Gasteiger partial charge in [-0.2, -0.15) is 4.31 Å². The van der Waals surface area contributed by atoms with Crippen LogP contribution in [0.1, 0.15) is 13.3 Å². The van der Waals surface area contributed by atoms with Gasteiger partial charge in [0.05, 0.1) is 18.1 Å². The Bertz CT molecular complexity index is 516. The zero-order chi connectivity index (χ0) is 15.9. The predicted octanol–water partition coefficient (Wildman–Crippen LogP) is 1.07. The number of sulfonamides is 1. The number of rotatable bonds is 9. The van der Waals surface area contributed by atoms with E-state index in [4.69, 9.17) is 15.2 Å². The second-order valence-corrected chi connectivity index (χ2v) is 6.79. The molecular formula is C14H24N2O4S. The van der Waals surface area contributed by atoms with Crippen LogP contribution in [0.4, 0.5) is 0 Å². The summed E-state index contributed by atoms with van der Waals surface area (Å²) in [7, 11) is -0.432. The molecule has 6 nitrogen and oxygen atoms in total. The lowest BCUT2D eigenvalue weighted by molar-refractivity contribution is 0.149. The molecule has 0 bridgehead atoms. The molecule has 1 rings (SSSR count). The normalized spacial score (nSPS) is 13.4. The Kier molecular flexibility index (Phi) is 7.10. The highest BCUT2D eigenvalue weighted by Crippen LogP contribution is 2.20. The highest BCUT2D eigenvalue weighted by Gasteiger charge is 2.25. The van der Waals surface area contributed by atoms with Crippen LogP contribution in [-0.4, -0.2) is 52.7 Å². The molecule has 1 unspecified atom stereocenters. The van der Waals surface area contributed by atoms with E-state index in [1.807, 2.05) is 0 Å². The van der Waals surface area contributed by atoms with Gasteiger partial charge in [-0.25, -0.2) is 8.42 Å². The van der Waals surface area contributed by atoms with E-state index >= 15 is 0 Å². The predicted molar refractivity (Wildman–Crippen MR) is 81.9 cm³/mol. The van der Waals surface area contributed by atoms with Gasteiger partial charge >= 0.3 is 0 Å². The summed E-state index contributed by atoms with van der Waals surface area (Å²) in [5.41, 5.74) is 5.39. The Morgan fingerprint density at radius 2 is 1.90 bits per heavy atom. The zero-order valence-corrected chi connectivity index (χ0v) is 13.6. The van der Waals surface area contributed by atoms with Crippen molar-refractivity contribution in [3.8, 4) is 5.75 Å². The van der Waals surface area contributed by atoms with Crippen molar-refractivity contribution in [1.29, 1.82) is 0 Å². The summed E-state index contributed by atoms with van der Waals surface area (Å²) in [6, 6.07) is 6.16. The van der Waals surface area contributed by atoms with Gasteiger partial charge < -0.3 is 15.2 Å². The molecule has 1 aromatic rings. The lowest BCUT2D eigenvalue weighted by atomic mass is 10.3. The summed E-state index contributed by atoms with van der Waals surface area (Å²) in [5.74, 6) is 0.634. The summed E-state index contributed by atoms with van der Waals surface area (Å²) < 4.78 is 36.6. The number of benzene rings is 1. The van der Waals surface area contributed by atoms with Crippen molar-refractivity contribution in [2.75, 3.05) is 33.9 Å². The smallest absolute Gasteiger partial charge is 0.243 e. The Balaban J connectivity index is 2.79. The van der Waals surface area contributed by atoms with Crippen molar-refractivity contribution in [3.05, 3.63) is 24.3 Å². The van der Waals surface area contributed by atoms with E-state index in [0.29, 0.717) is 25.5 Å². The Morgan fingerprint density at radius 1 is 1.29 bits per heavy atom. The third-order valence-corrected chi connectivity index (χ3v) is 5.13. The van der Waals surface area contributed by atoms with Gasteiger partial charge in [0.15, 0.2) is 0 Å². The summed E-state index contributed by atoms with van der Waals surface area (Å²) >= 11 is 0. The molecule has 0 saturated carbocycles. The van der Waals surface area contributed by atoms with Crippen LogP contribution in [0.3, 0.4) is 0 Å². The van der Waals surface area contributed by atoms with Crippen molar-refractivity contribution in [3.63, 3.8) is 0 Å². The first-order chi connectivity index (χ1) is 9.93. The fraction of sp³-hybridized carbons (Fsp3) is 0.571. The summed E-state index contributed by atoms with van der Waals surface area (Å²) in [6.07, 6.45) is 0.761. The monoisotopic (exact) mass is 316 g/mol. The molecule has 0 aliphatic rings. The van der Waals surface area contributed by atoms with E-state index in [0.717, 1.165) is 6.42 Å². The second kappa shape index (κ2) is 8.33. The van der Waals surface area contributed by atoms with Crippen LogP contribution in [0, 0.1) is 0 Å². The van der Waals surface area contributed by atoms with Crippen LogP contribution in [0.25, 0.3) is 0 Å². The third kappa shape index (κ3) is 4.96. The minimum absolute atomic E-state index is 0.235. The molecule has 0 saturated heterocycles. The molecule has 120 valence electrons. The highest BCUT2D eigenvalue weighted by atomic mass is 32.2. The minimum atomic E-state index is -3.52. The number of methoxy groups -OCH3 is 1. The number of hydrogen-bond donors (Lipinski definition) is 1. The molecule has 0 aliphatic heterocycles. The fourth-order valence-electron chi connectivity index (χ4n) is 1.73. The molecule has 0 radical (unpaired) electrons. The van der Waals surface area contributed by atoms with Crippen molar-refractivity contribution in [2.24, 2.45) is 5.73 Å². The van der Waals surface area contributed by atoms with Gasteiger partial charge in [0.1, 0.15) is 5.75 Å². The molecule has 0 spiro atoms. The lowest BCUT2D eigenvalue weighted by Gasteiger charge is -2.23. The fourth-order valence-corrected chi connectivity index (χ4v) is 3.08. The van der Waals surface area contributed by atoms with E-state index < -0.39 is 10.0 Å². The molecule has 0 aliphatic carbocycles. The lowest BCUT2D eigenvalue weighted by Crippen LogP contribution is -2.37. The number of hydrogen-bond acceptors (Lipinski definition) is 5. The summed E-state index contributed by atoms with van der Waals surface area (Å²) in [4.78, 5) is 0.235. The molecule has 7 heteroatoms. The van der Waals surface area contributed by atoms with Gasteiger partial charge in [0.25, 0.3) is 0 Å². The largest absolute Gasteiger partial charge is 0.494 e. The van der Waals surface area contributed by atoms with Crippen molar-refractivity contribution in [1.82, 2.24) is 4.31 Å². The van der Waals surface area contributed by atoms with Crippen molar-refractivity contribution < 1.29 is 17.9 Å². The van der Waals surface area contributed by atoms with E-state index in [2.05, 4.69) is 0 Å². The number of nitrogens with two attached hydrogens (primary N) is 1. The minimum Gasteiger partial charge on any atom is -0.494 e. The van der Waals surface area contributed by atoms with E-state index in [-0.39, 0.29) is 10.9 Å². The van der Waals surface area contributed by atoms with E-state index in [1.54, 1.807) is 45.3 Å². The maximum atomic E-state index is 12.4. The molecule has 0 aromatic heterocycles. The first-order valence-electron chi connectivity index (χ1n) is 6.83. The maximum absolute atomic E-state index is 12.4. The first kappa shape index (κ1) is 17.9. The van der Waals surface area contributed by atoms with Crippen molar-refractivity contribution >= 4 is 10.0 Å². The molecule has 21 heavy (non-hydrogen) atoms. The van der Waals surface area contributed by atoms with Crippen LogP contribution in [0.2, 0.25) is 0 Å². The molecule has 1 aromatic carbocycles. The van der Waals surface area contributed by atoms with Crippen LogP contribution < -0.4 is 10.5 Å². The van der Waals surface area contributed by atoms with Crippen LogP contribution in [0.5, 0.6) is 5.75 Å². The molecule has 2 N–H and O–H groups in total. The zero-order valence-electron chi connectivity index (χ0n) is 12.8. The van der Waals surface area contributed by atoms with Crippen LogP contribution in [-0.2, 0) is 14.8 Å². The van der Waals surface area contributed by atoms with E-state index in [9.17, 15) is 8.42 Å². The molecular weight excluding hydrogens is 292 g/mol. The molecule has 0 fully saturated rings. The average Bonchev–Trinajstić information content (AvgIpc) is 2.47. The standard InChI is InChI=1S/C14H24N2O4S/c1-12(11-19-3)16(2)21(17,18)14-7-5-13(6-8-14)20-10-4-9-15/h5-8,12H,4,9-11,15H2,1-3H3. The molecule has 0 heterocycles. The maximum Gasteiger partial charge on any atom is 0.243 e. The molecule has 1 atom stereocenters. The SMILES string of the molecule is COCC(C)N(C)S(=O)(=O)c1ccc(OCCCN)cc1.